The van der Waals surface area contributed by atoms with Crippen LogP contribution >= 0.6 is 0 Å². The first kappa shape index (κ1) is 9.10. The summed E-state index contributed by atoms with van der Waals surface area (Å²) in [6.07, 6.45) is 3.49. The van der Waals surface area contributed by atoms with Crippen LogP contribution in [-0.2, 0) is 12.8 Å². The van der Waals surface area contributed by atoms with E-state index in [4.69, 9.17) is 4.98 Å². The molecule has 0 saturated carbocycles. The lowest BCUT2D eigenvalue weighted by Crippen LogP contribution is -1.95. The minimum Gasteiger partial charge on any atom is -0.252 e. The largest absolute Gasteiger partial charge is 0.252 e. The first-order chi connectivity index (χ1) is 8.34. The lowest BCUT2D eigenvalue weighted by Gasteiger charge is -2.08. The summed E-state index contributed by atoms with van der Waals surface area (Å²) in [5.41, 5.74) is 6.94. The monoisotopic (exact) mass is 224 g/mol. The van der Waals surface area contributed by atoms with E-state index in [0.29, 0.717) is 0 Å². The zero-order valence-electron chi connectivity index (χ0n) is 9.62. The Morgan fingerprint density at radius 3 is 2.94 bits per heavy atom. The van der Waals surface area contributed by atoms with E-state index < -0.39 is 0 Å². The van der Waals surface area contributed by atoms with Crippen LogP contribution < -0.4 is 0 Å². The van der Waals surface area contributed by atoms with Crippen molar-refractivity contribution in [3.63, 3.8) is 0 Å². The minimum atomic E-state index is 0.917. The maximum Gasteiger partial charge on any atom is 0.122 e. The first-order valence-corrected chi connectivity index (χ1v) is 5.96. The van der Waals surface area contributed by atoms with Crippen molar-refractivity contribution in [1.29, 1.82) is 0 Å². The second-order valence-corrected chi connectivity index (χ2v) is 4.67. The van der Waals surface area contributed by atoms with E-state index in [9.17, 15) is 0 Å². The highest BCUT2D eigenvalue weighted by molar-refractivity contribution is 6.04. The summed E-state index contributed by atoms with van der Waals surface area (Å²) >= 11 is 0. The highest BCUT2D eigenvalue weighted by atomic mass is 15.3. The predicted octanol–water partition coefficient (Wildman–Crippen LogP) is 2.30. The van der Waals surface area contributed by atoms with Crippen LogP contribution in [-0.4, -0.2) is 20.4 Å². The molecule has 0 unspecified atom stereocenters. The average molecular weight is 224 g/mol. The zero-order valence-corrected chi connectivity index (χ0v) is 9.62. The van der Waals surface area contributed by atoms with E-state index in [0.717, 1.165) is 34.8 Å². The number of nitrogens with one attached hydrogen (secondary N) is 1. The maximum absolute atomic E-state index is 4.76. The quantitative estimate of drug-likeness (QED) is 0.637. The molecule has 2 heterocycles. The summed E-state index contributed by atoms with van der Waals surface area (Å²) in [6.45, 7) is 2.18. The van der Waals surface area contributed by atoms with E-state index in [-0.39, 0.29) is 0 Å². The molecule has 0 bridgehead atoms. The Hall–Kier alpha value is -1.97. The number of fused-ring (bicyclic) bond motifs is 4. The number of rotatable bonds is 0. The number of nitrogens with zero attached hydrogens (tertiary/aromatic N) is 3. The van der Waals surface area contributed by atoms with Crippen molar-refractivity contribution in [3.8, 4) is 0 Å². The van der Waals surface area contributed by atoms with Gasteiger partial charge < -0.3 is 0 Å². The van der Waals surface area contributed by atoms with E-state index in [1.54, 1.807) is 0 Å². The molecule has 0 amide bonds. The normalized spacial score (nSPS) is 14.6. The lowest BCUT2D eigenvalue weighted by atomic mass is 10.0. The summed E-state index contributed by atoms with van der Waals surface area (Å²) in [5.74, 6) is 0. The molecule has 1 aliphatic carbocycles. The molecule has 0 saturated heterocycles. The van der Waals surface area contributed by atoms with Crippen LogP contribution in [0.3, 0.4) is 0 Å². The Kier molecular flexibility index (Phi) is 1.62. The topological polar surface area (TPSA) is 54.5 Å². The van der Waals surface area contributed by atoms with Crippen LogP contribution in [0.4, 0.5) is 0 Å². The number of aromatic amines is 1. The van der Waals surface area contributed by atoms with Gasteiger partial charge in [-0.3, -0.25) is 4.98 Å². The van der Waals surface area contributed by atoms with Crippen molar-refractivity contribution < 1.29 is 0 Å². The third-order valence-electron chi connectivity index (χ3n) is 3.74. The van der Waals surface area contributed by atoms with Gasteiger partial charge in [-0.15, -0.1) is 0 Å². The van der Waals surface area contributed by atoms with Gasteiger partial charge in [0.25, 0.3) is 0 Å². The zero-order chi connectivity index (χ0) is 11.4. The fraction of sp³-hybridized carbons (Fsp3) is 0.308. The highest BCUT2D eigenvalue weighted by Crippen LogP contribution is 2.32. The number of hydrogen-bond acceptors (Lipinski definition) is 3. The lowest BCUT2D eigenvalue weighted by molar-refractivity contribution is 0.900. The molecule has 4 rings (SSSR count). The van der Waals surface area contributed by atoms with Crippen molar-refractivity contribution in [2.24, 2.45) is 0 Å². The van der Waals surface area contributed by atoms with Gasteiger partial charge in [0.15, 0.2) is 0 Å². The molecule has 0 fully saturated rings. The number of aromatic nitrogens is 4. The Labute approximate surface area is 98.1 Å². The molecule has 84 valence electrons. The Morgan fingerprint density at radius 2 is 2.00 bits per heavy atom. The molecule has 0 aliphatic heterocycles. The van der Waals surface area contributed by atoms with Gasteiger partial charge >= 0.3 is 0 Å². The molecule has 0 radical (unpaired) electrons. The van der Waals surface area contributed by atoms with Crippen LogP contribution in [0.2, 0.25) is 0 Å². The van der Waals surface area contributed by atoms with Gasteiger partial charge in [0.1, 0.15) is 11.0 Å². The fourth-order valence-corrected chi connectivity index (χ4v) is 2.92. The summed E-state index contributed by atoms with van der Waals surface area (Å²) in [5, 5.41) is 12.3. The summed E-state index contributed by atoms with van der Waals surface area (Å²) in [7, 11) is 0. The van der Waals surface area contributed by atoms with Gasteiger partial charge in [0.2, 0.25) is 0 Å². The number of H-pyrrole nitrogens is 1. The van der Waals surface area contributed by atoms with Gasteiger partial charge in [0, 0.05) is 11.1 Å². The number of hydrogen-bond donors (Lipinski definition) is 1. The van der Waals surface area contributed by atoms with E-state index in [2.05, 4.69) is 22.3 Å². The van der Waals surface area contributed by atoms with E-state index in [1.165, 1.54) is 23.2 Å². The van der Waals surface area contributed by atoms with E-state index in [1.807, 2.05) is 12.1 Å². The Balaban J connectivity index is 2.26. The molecule has 17 heavy (non-hydrogen) atoms. The molecule has 4 nitrogen and oxygen atoms in total. The molecule has 0 atom stereocenters. The molecule has 1 aliphatic rings. The summed E-state index contributed by atoms with van der Waals surface area (Å²) in [4.78, 5) is 4.76. The molecule has 1 aromatic carbocycles. The second-order valence-electron chi connectivity index (χ2n) is 4.67. The van der Waals surface area contributed by atoms with Crippen LogP contribution in [0.25, 0.3) is 21.9 Å². The first-order valence-electron chi connectivity index (χ1n) is 5.96. The second kappa shape index (κ2) is 3.03. The third kappa shape index (κ3) is 1.10. The third-order valence-corrected chi connectivity index (χ3v) is 3.74. The van der Waals surface area contributed by atoms with Crippen molar-refractivity contribution in [2.75, 3.05) is 0 Å². The molecular weight excluding hydrogens is 212 g/mol. The van der Waals surface area contributed by atoms with Gasteiger partial charge in [-0.25, -0.2) is 0 Å². The SMILES string of the molecule is Cc1c2c(nc3ccc4n[nH]nc4c13)CCC2. The molecule has 3 aromatic rings. The van der Waals surface area contributed by atoms with Crippen molar-refractivity contribution >= 4 is 21.9 Å². The highest BCUT2D eigenvalue weighted by Gasteiger charge is 2.19. The van der Waals surface area contributed by atoms with Crippen LogP contribution in [0, 0.1) is 6.92 Å². The number of benzene rings is 1. The average Bonchev–Trinajstić information content (AvgIpc) is 2.95. The smallest absolute Gasteiger partial charge is 0.122 e. The molecule has 2 aromatic heterocycles. The molecule has 0 spiro atoms. The van der Waals surface area contributed by atoms with E-state index >= 15 is 0 Å². The molecule has 4 heteroatoms. The maximum atomic E-state index is 4.76. The van der Waals surface area contributed by atoms with Gasteiger partial charge in [0.05, 0.1) is 5.52 Å². The number of aryl methyl sites for hydroxylation is 2. The summed E-state index contributed by atoms with van der Waals surface area (Å²) < 4.78 is 0. The van der Waals surface area contributed by atoms with Gasteiger partial charge in [-0.1, -0.05) is 0 Å². The van der Waals surface area contributed by atoms with Gasteiger partial charge in [-0.2, -0.15) is 15.4 Å². The molecular formula is C13H12N4. The van der Waals surface area contributed by atoms with Crippen molar-refractivity contribution in [3.05, 3.63) is 29.0 Å². The van der Waals surface area contributed by atoms with Crippen LogP contribution in [0.15, 0.2) is 12.1 Å². The Morgan fingerprint density at radius 1 is 1.12 bits per heavy atom. The van der Waals surface area contributed by atoms with Crippen molar-refractivity contribution in [2.45, 2.75) is 26.2 Å². The van der Waals surface area contributed by atoms with Gasteiger partial charge in [-0.05, 0) is 49.4 Å². The Bertz CT molecular complexity index is 742. The fourth-order valence-electron chi connectivity index (χ4n) is 2.92. The van der Waals surface area contributed by atoms with Crippen molar-refractivity contribution in [1.82, 2.24) is 20.4 Å². The minimum absolute atomic E-state index is 0.917. The van der Waals surface area contributed by atoms with Crippen LogP contribution in [0.5, 0.6) is 0 Å². The summed E-state index contributed by atoms with van der Waals surface area (Å²) in [6, 6.07) is 4.03. The molecule has 1 N–H and O–H groups in total. The van der Waals surface area contributed by atoms with Crippen LogP contribution in [0.1, 0.15) is 23.2 Å². The predicted molar refractivity (Wildman–Crippen MR) is 66.0 cm³/mol. The standard InChI is InChI=1S/C13H12N4/c1-7-8-3-2-4-9(8)14-10-5-6-11-13(12(7)10)16-17-15-11/h5-6H,2-4H2,1H3,(H,15,16,17). The number of pyridine rings is 1.